The first-order valence-corrected chi connectivity index (χ1v) is 10.7. The topological polar surface area (TPSA) is 97.4 Å². The molecule has 1 aliphatic rings. The van der Waals surface area contributed by atoms with Gasteiger partial charge in [-0.05, 0) is 43.9 Å². The minimum atomic E-state index is -0.397. The molecule has 0 atom stereocenters. The van der Waals surface area contributed by atoms with Gasteiger partial charge in [-0.15, -0.1) is 5.10 Å². The van der Waals surface area contributed by atoms with Gasteiger partial charge in [-0.25, -0.2) is 18.9 Å². The number of amides is 1. The first-order valence-electron chi connectivity index (χ1n) is 9.87. The molecular formula is C20H21N7O2S. The lowest BCUT2D eigenvalue weighted by Crippen LogP contribution is -2.28. The van der Waals surface area contributed by atoms with Gasteiger partial charge in [0, 0.05) is 18.8 Å². The van der Waals surface area contributed by atoms with Crippen LogP contribution in [-0.4, -0.2) is 43.1 Å². The van der Waals surface area contributed by atoms with Gasteiger partial charge in [-0.3, -0.25) is 4.79 Å². The number of carbonyl (C=O) groups excluding carboxylic acids is 1. The summed E-state index contributed by atoms with van der Waals surface area (Å²) < 4.78 is 3.30. The van der Waals surface area contributed by atoms with Crippen LogP contribution >= 0.6 is 11.3 Å². The Morgan fingerprint density at radius 3 is 2.83 bits per heavy atom. The summed E-state index contributed by atoms with van der Waals surface area (Å²) in [5.41, 5.74) is 3.48. The second-order valence-electron chi connectivity index (χ2n) is 7.52. The van der Waals surface area contributed by atoms with Crippen molar-refractivity contribution in [3.05, 3.63) is 46.1 Å². The Morgan fingerprint density at radius 2 is 2.03 bits per heavy atom. The molecule has 30 heavy (non-hydrogen) atoms. The van der Waals surface area contributed by atoms with E-state index in [1.165, 1.54) is 26.7 Å². The molecule has 154 valence electrons. The minimum absolute atomic E-state index is 0.173. The van der Waals surface area contributed by atoms with E-state index in [4.69, 9.17) is 0 Å². The highest BCUT2D eigenvalue weighted by molar-refractivity contribution is 7.22. The third-order valence-corrected chi connectivity index (χ3v) is 6.62. The van der Waals surface area contributed by atoms with Crippen LogP contribution in [0.3, 0.4) is 0 Å². The largest absolute Gasteiger partial charge is 0.352 e. The molecule has 0 aliphatic carbocycles. The third kappa shape index (κ3) is 3.13. The van der Waals surface area contributed by atoms with Crippen molar-refractivity contribution in [2.45, 2.75) is 33.2 Å². The van der Waals surface area contributed by atoms with Gasteiger partial charge >= 0.3 is 5.69 Å². The van der Waals surface area contributed by atoms with Crippen LogP contribution in [0.4, 0.5) is 10.8 Å². The van der Waals surface area contributed by atoms with Crippen molar-refractivity contribution in [3.63, 3.8) is 0 Å². The third-order valence-electron chi connectivity index (χ3n) is 5.52. The summed E-state index contributed by atoms with van der Waals surface area (Å²) in [5, 5.41) is 8.19. The Hall–Kier alpha value is -3.27. The average molecular weight is 424 g/mol. The number of fused-ring (bicyclic) bond motifs is 3. The maximum Gasteiger partial charge on any atom is 0.352 e. The zero-order chi connectivity index (χ0) is 20.8. The lowest BCUT2D eigenvalue weighted by molar-refractivity contribution is -0.117. The molecule has 1 aliphatic heterocycles. The van der Waals surface area contributed by atoms with Crippen LogP contribution in [-0.2, 0) is 11.3 Å². The van der Waals surface area contributed by atoms with E-state index in [2.05, 4.69) is 25.3 Å². The van der Waals surface area contributed by atoms with Crippen LogP contribution < -0.4 is 15.9 Å². The molecule has 9 nitrogen and oxygen atoms in total. The molecule has 4 heterocycles. The molecule has 1 aromatic carbocycles. The van der Waals surface area contributed by atoms with Crippen molar-refractivity contribution in [1.29, 1.82) is 0 Å². The highest BCUT2D eigenvalue weighted by Gasteiger charge is 2.20. The molecule has 0 spiro atoms. The number of aryl methyl sites for hydroxylation is 1. The van der Waals surface area contributed by atoms with Gasteiger partial charge in [0.2, 0.25) is 5.91 Å². The zero-order valence-corrected chi connectivity index (χ0v) is 17.6. The highest BCUT2D eigenvalue weighted by Crippen LogP contribution is 2.31. The van der Waals surface area contributed by atoms with Gasteiger partial charge in [0.25, 0.3) is 0 Å². The summed E-state index contributed by atoms with van der Waals surface area (Å²) in [7, 11) is 0. The number of hydrogen-bond acceptors (Lipinski definition) is 7. The second-order valence-corrected chi connectivity index (χ2v) is 8.49. The monoisotopic (exact) mass is 423 g/mol. The number of hydrogen-bond donors (Lipinski definition) is 1. The van der Waals surface area contributed by atoms with Crippen molar-refractivity contribution in [2.24, 2.45) is 0 Å². The van der Waals surface area contributed by atoms with Crippen LogP contribution in [0.25, 0.3) is 16.0 Å². The van der Waals surface area contributed by atoms with Gasteiger partial charge in [0.1, 0.15) is 17.6 Å². The molecule has 10 heteroatoms. The van der Waals surface area contributed by atoms with Crippen LogP contribution in [0, 0.1) is 13.8 Å². The fourth-order valence-electron chi connectivity index (χ4n) is 3.68. The summed E-state index contributed by atoms with van der Waals surface area (Å²) >= 11 is 1.49. The zero-order valence-electron chi connectivity index (χ0n) is 16.8. The molecule has 0 bridgehead atoms. The predicted octanol–water partition coefficient (Wildman–Crippen LogP) is 2.36. The molecule has 1 saturated heterocycles. The standard InChI is InChI=1S/C20H21N7O2S/c1-12-6-5-7-14(13(12)2)22-15(28)10-27-20(29)26-11-21-17-16(18(26)24-27)30-19(23-17)25-8-3-4-9-25/h5-7,11H,3-4,8-10H2,1-2H3,(H,22,28). The van der Waals surface area contributed by atoms with Crippen LogP contribution in [0.15, 0.2) is 29.3 Å². The Bertz CT molecular complexity index is 1330. The maximum atomic E-state index is 12.8. The number of rotatable bonds is 4. The van der Waals surface area contributed by atoms with Crippen LogP contribution in [0.5, 0.6) is 0 Å². The Balaban J connectivity index is 1.46. The quantitative estimate of drug-likeness (QED) is 0.541. The molecule has 0 radical (unpaired) electrons. The van der Waals surface area contributed by atoms with E-state index in [1.807, 2.05) is 32.0 Å². The summed E-state index contributed by atoms with van der Waals surface area (Å²) in [5.74, 6) is -0.305. The molecule has 1 fully saturated rings. The molecule has 0 saturated carbocycles. The lowest BCUT2D eigenvalue weighted by Gasteiger charge is -2.11. The Labute approximate surface area is 176 Å². The van der Waals surface area contributed by atoms with E-state index in [9.17, 15) is 9.59 Å². The van der Waals surface area contributed by atoms with E-state index in [-0.39, 0.29) is 12.5 Å². The summed E-state index contributed by atoms with van der Waals surface area (Å²) in [4.78, 5) is 36.5. The molecule has 0 unspecified atom stereocenters. The minimum Gasteiger partial charge on any atom is -0.348 e. The van der Waals surface area contributed by atoms with Gasteiger partial charge in [-0.2, -0.15) is 4.98 Å². The van der Waals surface area contributed by atoms with Crippen molar-refractivity contribution < 1.29 is 4.79 Å². The number of thiazole rings is 1. The summed E-state index contributed by atoms with van der Waals surface area (Å²) in [6.07, 6.45) is 3.74. The van der Waals surface area contributed by atoms with E-state index < -0.39 is 5.69 Å². The number of carbonyl (C=O) groups is 1. The number of nitrogens with one attached hydrogen (secondary N) is 1. The van der Waals surface area contributed by atoms with Crippen LogP contribution in [0.2, 0.25) is 0 Å². The van der Waals surface area contributed by atoms with E-state index >= 15 is 0 Å². The second kappa shape index (κ2) is 7.21. The van der Waals surface area contributed by atoms with Gasteiger partial charge in [-0.1, -0.05) is 23.5 Å². The van der Waals surface area contributed by atoms with Gasteiger partial charge in [0.15, 0.2) is 16.4 Å². The average Bonchev–Trinajstić information content (AvgIpc) is 3.45. The first-order chi connectivity index (χ1) is 14.5. The number of nitrogens with zero attached hydrogens (tertiary/aromatic N) is 6. The van der Waals surface area contributed by atoms with Crippen molar-refractivity contribution in [3.8, 4) is 0 Å². The molecule has 1 N–H and O–H groups in total. The fourth-order valence-corrected chi connectivity index (χ4v) is 4.73. The SMILES string of the molecule is Cc1cccc(NC(=O)Cn2nc3c4sc(N5CCCC5)nc4ncn3c2=O)c1C. The molecular weight excluding hydrogens is 402 g/mol. The molecule has 4 aromatic rings. The van der Waals surface area contributed by atoms with Crippen LogP contribution in [0.1, 0.15) is 24.0 Å². The predicted molar refractivity (Wildman–Crippen MR) is 116 cm³/mol. The van der Waals surface area contributed by atoms with Crippen molar-refractivity contribution in [2.75, 3.05) is 23.3 Å². The molecule has 3 aromatic heterocycles. The van der Waals surface area contributed by atoms with Gasteiger partial charge < -0.3 is 10.2 Å². The Morgan fingerprint density at radius 1 is 1.23 bits per heavy atom. The molecule has 1 amide bonds. The lowest BCUT2D eigenvalue weighted by atomic mass is 10.1. The van der Waals surface area contributed by atoms with Crippen molar-refractivity contribution >= 4 is 44.1 Å². The molecule has 5 rings (SSSR count). The number of benzene rings is 1. The smallest absolute Gasteiger partial charge is 0.348 e. The Kier molecular flexibility index (Phi) is 4.50. The van der Waals surface area contributed by atoms with E-state index in [0.29, 0.717) is 11.3 Å². The normalized spacial score (nSPS) is 14.1. The fraction of sp³-hybridized carbons (Fsp3) is 0.350. The van der Waals surface area contributed by atoms with E-state index in [0.717, 1.165) is 52.6 Å². The summed E-state index contributed by atoms with van der Waals surface area (Å²) in [6, 6.07) is 5.72. The summed E-state index contributed by atoms with van der Waals surface area (Å²) in [6.45, 7) is 5.73. The first kappa shape index (κ1) is 18.7. The highest BCUT2D eigenvalue weighted by atomic mass is 32.1. The van der Waals surface area contributed by atoms with E-state index in [1.54, 1.807) is 0 Å². The number of aromatic nitrogens is 5. The maximum absolute atomic E-state index is 12.8. The van der Waals surface area contributed by atoms with Crippen molar-refractivity contribution in [1.82, 2.24) is 24.1 Å². The number of anilines is 2. The van der Waals surface area contributed by atoms with Gasteiger partial charge in [0.05, 0.1) is 0 Å².